The van der Waals surface area contributed by atoms with Crippen molar-refractivity contribution in [3.05, 3.63) is 0 Å². The lowest BCUT2D eigenvalue weighted by molar-refractivity contribution is -0.176. The van der Waals surface area contributed by atoms with Gasteiger partial charge in [-0.1, -0.05) is 20.3 Å². The van der Waals surface area contributed by atoms with Gasteiger partial charge < -0.3 is 9.47 Å². The Labute approximate surface area is 90.9 Å². The predicted molar refractivity (Wildman–Crippen MR) is 56.3 cm³/mol. The Bertz CT molecular complexity index is 211. The van der Waals surface area contributed by atoms with Crippen molar-refractivity contribution in [3.63, 3.8) is 0 Å². The summed E-state index contributed by atoms with van der Waals surface area (Å²) in [7, 11) is 0. The molecular formula is C11H20O4. The molecule has 0 rings (SSSR count). The van der Waals surface area contributed by atoms with Crippen LogP contribution in [0.2, 0.25) is 0 Å². The molecule has 0 saturated carbocycles. The minimum atomic E-state index is -1.19. The van der Waals surface area contributed by atoms with Gasteiger partial charge in [0.25, 0.3) is 6.47 Å². The minimum Gasteiger partial charge on any atom is -0.459 e. The van der Waals surface area contributed by atoms with Crippen LogP contribution in [-0.4, -0.2) is 24.1 Å². The van der Waals surface area contributed by atoms with E-state index >= 15 is 0 Å². The van der Waals surface area contributed by atoms with Gasteiger partial charge in [-0.25, -0.2) is 4.79 Å². The van der Waals surface area contributed by atoms with Crippen molar-refractivity contribution < 1.29 is 19.1 Å². The second kappa shape index (κ2) is 6.43. The van der Waals surface area contributed by atoms with Crippen LogP contribution in [0.15, 0.2) is 0 Å². The lowest BCUT2D eigenvalue weighted by Gasteiger charge is -2.24. The van der Waals surface area contributed by atoms with Gasteiger partial charge in [0.15, 0.2) is 0 Å². The molecule has 4 heteroatoms. The van der Waals surface area contributed by atoms with E-state index in [2.05, 4.69) is 4.74 Å². The van der Waals surface area contributed by atoms with Gasteiger partial charge in [0.05, 0.1) is 0 Å². The molecule has 0 aliphatic carbocycles. The van der Waals surface area contributed by atoms with Crippen molar-refractivity contribution >= 4 is 12.4 Å². The minimum absolute atomic E-state index is 0.0861. The van der Waals surface area contributed by atoms with E-state index in [1.54, 1.807) is 0 Å². The van der Waals surface area contributed by atoms with Gasteiger partial charge in [-0.3, -0.25) is 4.79 Å². The second-order valence-corrected chi connectivity index (χ2v) is 3.95. The zero-order valence-electron chi connectivity index (χ0n) is 9.91. The highest BCUT2D eigenvalue weighted by molar-refractivity contribution is 5.79. The molecule has 88 valence electrons. The highest BCUT2D eigenvalue weighted by Crippen LogP contribution is 2.15. The molecule has 0 spiro atoms. The van der Waals surface area contributed by atoms with Crippen LogP contribution in [-0.2, 0) is 19.1 Å². The summed E-state index contributed by atoms with van der Waals surface area (Å²) >= 11 is 0. The first-order chi connectivity index (χ1) is 6.97. The van der Waals surface area contributed by atoms with E-state index in [0.29, 0.717) is 0 Å². The van der Waals surface area contributed by atoms with Crippen LogP contribution in [0, 0.1) is 0 Å². The number of carbonyl (C=O) groups excluding carboxylic acids is 2. The average Bonchev–Trinajstić information content (AvgIpc) is 2.16. The maximum atomic E-state index is 11.6. The Morgan fingerprint density at radius 1 is 1.40 bits per heavy atom. The molecule has 0 aromatic heterocycles. The van der Waals surface area contributed by atoms with Crippen LogP contribution in [0.4, 0.5) is 0 Å². The summed E-state index contributed by atoms with van der Waals surface area (Å²) in [5, 5.41) is 0. The Morgan fingerprint density at radius 2 is 2.00 bits per heavy atom. The first-order valence-corrected chi connectivity index (χ1v) is 5.30. The van der Waals surface area contributed by atoms with Crippen LogP contribution in [0.1, 0.15) is 47.0 Å². The van der Waals surface area contributed by atoms with Gasteiger partial charge in [0, 0.05) is 0 Å². The maximum absolute atomic E-state index is 11.6. The molecular weight excluding hydrogens is 196 g/mol. The quantitative estimate of drug-likeness (QED) is 0.483. The summed E-state index contributed by atoms with van der Waals surface area (Å²) in [5.41, 5.74) is -1.19. The molecule has 0 bridgehead atoms. The number of carbonyl (C=O) groups is 2. The summed E-state index contributed by atoms with van der Waals surface area (Å²) in [5.74, 6) is -0.491. The van der Waals surface area contributed by atoms with Gasteiger partial charge in [-0.15, -0.1) is 0 Å². The number of esters is 1. The molecule has 0 aliphatic rings. The molecule has 0 saturated heterocycles. The highest BCUT2D eigenvalue weighted by Gasteiger charge is 2.32. The van der Waals surface area contributed by atoms with Crippen LogP contribution in [0.25, 0.3) is 0 Å². The van der Waals surface area contributed by atoms with Crippen molar-refractivity contribution in [1.29, 1.82) is 0 Å². The van der Waals surface area contributed by atoms with Gasteiger partial charge in [0.2, 0.25) is 5.60 Å². The first-order valence-electron chi connectivity index (χ1n) is 5.30. The van der Waals surface area contributed by atoms with E-state index in [4.69, 9.17) is 4.74 Å². The third-order valence-electron chi connectivity index (χ3n) is 2.17. The third-order valence-corrected chi connectivity index (χ3v) is 2.17. The molecule has 1 unspecified atom stereocenters. The van der Waals surface area contributed by atoms with E-state index in [0.717, 1.165) is 19.3 Å². The Hall–Kier alpha value is -1.06. The molecule has 0 fully saturated rings. The van der Waals surface area contributed by atoms with Gasteiger partial charge in [-0.05, 0) is 26.7 Å². The van der Waals surface area contributed by atoms with E-state index in [1.165, 1.54) is 13.8 Å². The first kappa shape index (κ1) is 13.9. The number of rotatable bonds is 7. The fraction of sp³-hybridized carbons (Fsp3) is 0.818. The Balaban J connectivity index is 4.25. The molecule has 0 amide bonds. The molecule has 4 nitrogen and oxygen atoms in total. The normalized spacial score (nSPS) is 13.1. The van der Waals surface area contributed by atoms with Gasteiger partial charge in [0.1, 0.15) is 6.10 Å². The molecule has 0 aromatic carbocycles. The summed E-state index contributed by atoms with van der Waals surface area (Å²) in [6.45, 7) is 7.29. The Morgan fingerprint density at radius 3 is 2.40 bits per heavy atom. The van der Waals surface area contributed by atoms with Crippen molar-refractivity contribution in [2.45, 2.75) is 58.7 Å². The molecule has 0 radical (unpaired) electrons. The van der Waals surface area contributed by atoms with Crippen LogP contribution < -0.4 is 0 Å². The fourth-order valence-corrected chi connectivity index (χ4v) is 1.13. The summed E-state index contributed by atoms with van der Waals surface area (Å²) in [6, 6.07) is 0. The smallest absolute Gasteiger partial charge is 0.350 e. The van der Waals surface area contributed by atoms with Gasteiger partial charge in [-0.2, -0.15) is 0 Å². The van der Waals surface area contributed by atoms with Crippen molar-refractivity contribution in [1.82, 2.24) is 0 Å². The third kappa shape index (κ3) is 4.81. The van der Waals surface area contributed by atoms with E-state index in [-0.39, 0.29) is 12.6 Å². The number of ether oxygens (including phenoxy) is 2. The zero-order chi connectivity index (χ0) is 11.9. The fourth-order valence-electron chi connectivity index (χ4n) is 1.13. The van der Waals surface area contributed by atoms with Gasteiger partial charge >= 0.3 is 5.97 Å². The van der Waals surface area contributed by atoms with Crippen molar-refractivity contribution in [3.8, 4) is 0 Å². The summed E-state index contributed by atoms with van der Waals surface area (Å²) < 4.78 is 9.89. The monoisotopic (exact) mass is 216 g/mol. The molecule has 0 aliphatic heterocycles. The predicted octanol–water partition coefficient (Wildman–Crippen LogP) is 2.06. The highest BCUT2D eigenvalue weighted by atomic mass is 16.6. The SMILES string of the molecule is CCCC(CC)OC(=O)C(C)(C)OC=O. The number of hydrogen-bond acceptors (Lipinski definition) is 4. The zero-order valence-corrected chi connectivity index (χ0v) is 9.91. The largest absolute Gasteiger partial charge is 0.459 e. The van der Waals surface area contributed by atoms with E-state index < -0.39 is 11.6 Å². The standard InChI is InChI=1S/C11H20O4/c1-5-7-9(6-2)15-10(13)11(3,4)14-8-12/h8-9H,5-7H2,1-4H3. The lowest BCUT2D eigenvalue weighted by Crippen LogP contribution is -2.38. The Kier molecular flexibility index (Phi) is 5.97. The molecule has 15 heavy (non-hydrogen) atoms. The summed E-state index contributed by atoms with van der Waals surface area (Å²) in [6.07, 6.45) is 2.48. The molecule has 1 atom stereocenters. The molecule has 0 N–H and O–H groups in total. The van der Waals surface area contributed by atoms with Crippen molar-refractivity contribution in [2.75, 3.05) is 0 Å². The summed E-state index contributed by atoms with van der Waals surface area (Å²) in [4.78, 5) is 21.8. The second-order valence-electron chi connectivity index (χ2n) is 3.95. The maximum Gasteiger partial charge on any atom is 0.350 e. The molecule has 0 aromatic rings. The lowest BCUT2D eigenvalue weighted by atomic mass is 10.1. The van der Waals surface area contributed by atoms with Crippen LogP contribution in [0.5, 0.6) is 0 Å². The van der Waals surface area contributed by atoms with E-state index in [9.17, 15) is 9.59 Å². The number of hydrogen-bond donors (Lipinski definition) is 0. The van der Waals surface area contributed by atoms with Crippen LogP contribution >= 0.6 is 0 Å². The molecule has 0 heterocycles. The topological polar surface area (TPSA) is 52.6 Å². The van der Waals surface area contributed by atoms with Crippen LogP contribution in [0.3, 0.4) is 0 Å². The van der Waals surface area contributed by atoms with E-state index in [1.807, 2.05) is 13.8 Å². The van der Waals surface area contributed by atoms with Crippen molar-refractivity contribution in [2.24, 2.45) is 0 Å². The average molecular weight is 216 g/mol.